The number of hydrogen-bond donors (Lipinski definition) is 1. The number of hydrogen-bond acceptors (Lipinski definition) is 2. The number of benzene rings is 2. The highest BCUT2D eigenvalue weighted by molar-refractivity contribution is 6.37. The molecule has 0 radical (unpaired) electrons. The number of amides is 2. The number of rotatable bonds is 3. The molecule has 1 atom stereocenters. The summed E-state index contributed by atoms with van der Waals surface area (Å²) in [6.45, 7) is 2.80. The quantitative estimate of drug-likeness (QED) is 0.776. The van der Waals surface area contributed by atoms with E-state index in [0.717, 1.165) is 25.8 Å². The molecule has 1 N–H and O–H groups in total. The number of likely N-dealkylation sites (tertiary alicyclic amines) is 1. The Hall–Kier alpha value is -2.04. The molecule has 1 aliphatic heterocycles. The zero-order valence-corrected chi connectivity index (χ0v) is 16.0. The first-order valence-corrected chi connectivity index (χ1v) is 9.39. The van der Waals surface area contributed by atoms with Gasteiger partial charge in [-0.1, -0.05) is 35.3 Å². The second-order valence-corrected chi connectivity index (χ2v) is 7.31. The van der Waals surface area contributed by atoms with Gasteiger partial charge in [-0.05, 0) is 56.5 Å². The van der Waals surface area contributed by atoms with Crippen LogP contribution in [-0.2, 0) is 0 Å². The average Bonchev–Trinajstić information content (AvgIpc) is 2.62. The van der Waals surface area contributed by atoms with Crippen LogP contribution in [0.5, 0.6) is 0 Å². The van der Waals surface area contributed by atoms with Gasteiger partial charge in [-0.25, -0.2) is 0 Å². The Morgan fingerprint density at radius 2 is 1.85 bits per heavy atom. The van der Waals surface area contributed by atoms with E-state index in [1.54, 1.807) is 36.4 Å². The Morgan fingerprint density at radius 3 is 2.58 bits per heavy atom. The number of carbonyl (C=O) groups excluding carboxylic acids is 2. The molecule has 0 saturated carbocycles. The monoisotopic (exact) mass is 390 g/mol. The molecule has 2 aromatic carbocycles. The Labute approximate surface area is 163 Å². The normalized spacial score (nSPS) is 17.0. The Bertz CT molecular complexity index is 838. The minimum absolute atomic E-state index is 0.0599. The predicted octanol–water partition coefficient (Wildman–Crippen LogP) is 5.26. The average molecular weight is 391 g/mol. The molecule has 4 nitrogen and oxygen atoms in total. The maximum Gasteiger partial charge on any atom is 0.257 e. The highest BCUT2D eigenvalue weighted by Crippen LogP contribution is 2.25. The molecule has 1 fully saturated rings. The lowest BCUT2D eigenvalue weighted by atomic mass is 10.0. The third-order valence-corrected chi connectivity index (χ3v) is 5.19. The standard InChI is InChI=1S/C20H20Cl2N2O2/c1-13-6-4-5-11-24(13)20(26)16-7-2-3-8-18(16)23-19(25)15-10-9-14(21)12-17(15)22/h2-3,7-10,12-13H,4-6,11H2,1H3,(H,23,25). The van der Waals surface area contributed by atoms with Gasteiger partial charge in [-0.2, -0.15) is 0 Å². The van der Waals surface area contributed by atoms with E-state index in [9.17, 15) is 9.59 Å². The van der Waals surface area contributed by atoms with Crippen LogP contribution in [0.1, 0.15) is 46.9 Å². The van der Waals surface area contributed by atoms with Gasteiger partial charge in [-0.3, -0.25) is 9.59 Å². The van der Waals surface area contributed by atoms with Crippen LogP contribution in [0.2, 0.25) is 10.0 Å². The molecule has 0 spiro atoms. The summed E-state index contributed by atoms with van der Waals surface area (Å²) in [6.07, 6.45) is 3.14. The van der Waals surface area contributed by atoms with Crippen molar-refractivity contribution in [2.75, 3.05) is 11.9 Å². The van der Waals surface area contributed by atoms with Crippen molar-refractivity contribution in [2.45, 2.75) is 32.2 Å². The van der Waals surface area contributed by atoms with Crippen molar-refractivity contribution in [1.82, 2.24) is 4.90 Å². The number of halogens is 2. The zero-order valence-electron chi connectivity index (χ0n) is 14.5. The van der Waals surface area contributed by atoms with Gasteiger partial charge >= 0.3 is 0 Å². The molecule has 6 heteroatoms. The van der Waals surface area contributed by atoms with E-state index in [0.29, 0.717) is 21.8 Å². The summed E-state index contributed by atoms with van der Waals surface area (Å²) >= 11 is 12.0. The molecular weight excluding hydrogens is 371 g/mol. The predicted molar refractivity (Wildman–Crippen MR) is 105 cm³/mol. The summed E-state index contributed by atoms with van der Waals surface area (Å²) in [5, 5.41) is 3.53. The van der Waals surface area contributed by atoms with Crippen LogP contribution in [0.25, 0.3) is 0 Å². The maximum atomic E-state index is 13.0. The lowest BCUT2D eigenvalue weighted by Crippen LogP contribution is -2.42. The minimum atomic E-state index is -0.376. The number of nitrogens with zero attached hydrogens (tertiary/aromatic N) is 1. The van der Waals surface area contributed by atoms with Crippen LogP contribution < -0.4 is 5.32 Å². The van der Waals surface area contributed by atoms with Crippen LogP contribution in [-0.4, -0.2) is 29.3 Å². The van der Waals surface area contributed by atoms with Crippen LogP contribution in [0.3, 0.4) is 0 Å². The third-order valence-electron chi connectivity index (χ3n) is 4.65. The van der Waals surface area contributed by atoms with Crippen molar-refractivity contribution in [1.29, 1.82) is 0 Å². The van der Waals surface area contributed by atoms with Crippen LogP contribution >= 0.6 is 23.2 Å². The fourth-order valence-corrected chi connectivity index (χ4v) is 3.69. The molecule has 1 aliphatic rings. The molecule has 1 heterocycles. The fourth-order valence-electron chi connectivity index (χ4n) is 3.20. The molecule has 2 amide bonds. The number of anilines is 1. The number of carbonyl (C=O) groups is 2. The molecule has 0 aliphatic carbocycles. The first kappa shape index (κ1) is 18.7. The summed E-state index contributed by atoms with van der Waals surface area (Å²) in [5.74, 6) is -0.436. The van der Waals surface area contributed by atoms with Gasteiger partial charge in [0.2, 0.25) is 0 Å². The molecule has 1 unspecified atom stereocenters. The van der Waals surface area contributed by atoms with Gasteiger partial charge in [0, 0.05) is 17.6 Å². The van der Waals surface area contributed by atoms with Crippen molar-refractivity contribution in [3.05, 3.63) is 63.6 Å². The van der Waals surface area contributed by atoms with Gasteiger partial charge < -0.3 is 10.2 Å². The molecule has 0 aromatic heterocycles. The summed E-state index contributed by atoms with van der Waals surface area (Å²) < 4.78 is 0. The van der Waals surface area contributed by atoms with Crippen molar-refractivity contribution in [3.63, 3.8) is 0 Å². The molecular formula is C20H20Cl2N2O2. The summed E-state index contributed by atoms with van der Waals surface area (Å²) in [4.78, 5) is 27.5. The van der Waals surface area contributed by atoms with Crippen molar-refractivity contribution in [3.8, 4) is 0 Å². The Kier molecular flexibility index (Phi) is 5.84. The lowest BCUT2D eigenvalue weighted by Gasteiger charge is -2.34. The maximum absolute atomic E-state index is 13.0. The van der Waals surface area contributed by atoms with E-state index in [2.05, 4.69) is 12.2 Å². The largest absolute Gasteiger partial charge is 0.336 e. The van der Waals surface area contributed by atoms with E-state index >= 15 is 0 Å². The fraction of sp³-hybridized carbons (Fsp3) is 0.300. The molecule has 2 aromatic rings. The van der Waals surface area contributed by atoms with Crippen molar-refractivity contribution in [2.24, 2.45) is 0 Å². The molecule has 3 rings (SSSR count). The van der Waals surface area contributed by atoms with Crippen molar-refractivity contribution >= 4 is 40.7 Å². The van der Waals surface area contributed by atoms with Gasteiger partial charge in [0.05, 0.1) is 21.8 Å². The van der Waals surface area contributed by atoms with Crippen molar-refractivity contribution < 1.29 is 9.59 Å². The Morgan fingerprint density at radius 1 is 1.08 bits per heavy atom. The van der Waals surface area contributed by atoms with Gasteiger partial charge in [0.15, 0.2) is 0 Å². The summed E-state index contributed by atoms with van der Waals surface area (Å²) in [7, 11) is 0. The van der Waals surface area contributed by atoms with E-state index in [4.69, 9.17) is 23.2 Å². The molecule has 0 bridgehead atoms. The van der Waals surface area contributed by atoms with Gasteiger partial charge in [0.25, 0.3) is 11.8 Å². The van der Waals surface area contributed by atoms with E-state index in [1.165, 1.54) is 6.07 Å². The van der Waals surface area contributed by atoms with Crippen LogP contribution in [0.15, 0.2) is 42.5 Å². The van der Waals surface area contributed by atoms with E-state index in [1.807, 2.05) is 4.90 Å². The summed E-state index contributed by atoms with van der Waals surface area (Å²) in [5.41, 5.74) is 1.27. The van der Waals surface area contributed by atoms with E-state index in [-0.39, 0.29) is 22.9 Å². The number of nitrogens with one attached hydrogen (secondary N) is 1. The molecule has 1 saturated heterocycles. The Balaban J connectivity index is 1.85. The van der Waals surface area contributed by atoms with Gasteiger partial charge in [0.1, 0.15) is 0 Å². The summed E-state index contributed by atoms with van der Waals surface area (Å²) in [6, 6.07) is 11.9. The van der Waals surface area contributed by atoms with Gasteiger partial charge in [-0.15, -0.1) is 0 Å². The highest BCUT2D eigenvalue weighted by atomic mass is 35.5. The lowest BCUT2D eigenvalue weighted by molar-refractivity contribution is 0.0636. The topological polar surface area (TPSA) is 49.4 Å². The second kappa shape index (κ2) is 8.11. The first-order chi connectivity index (χ1) is 12.5. The third kappa shape index (κ3) is 4.02. The second-order valence-electron chi connectivity index (χ2n) is 6.47. The van der Waals surface area contributed by atoms with E-state index < -0.39 is 0 Å². The molecule has 26 heavy (non-hydrogen) atoms. The highest BCUT2D eigenvalue weighted by Gasteiger charge is 2.26. The molecule has 136 valence electrons. The smallest absolute Gasteiger partial charge is 0.257 e. The zero-order chi connectivity index (χ0) is 18.7. The van der Waals surface area contributed by atoms with Crippen LogP contribution in [0.4, 0.5) is 5.69 Å². The van der Waals surface area contributed by atoms with Crippen LogP contribution in [0, 0.1) is 0 Å². The minimum Gasteiger partial charge on any atom is -0.336 e. The number of para-hydroxylation sites is 1. The SMILES string of the molecule is CC1CCCCN1C(=O)c1ccccc1NC(=O)c1ccc(Cl)cc1Cl. The first-order valence-electron chi connectivity index (χ1n) is 8.64. The number of piperidine rings is 1.